The van der Waals surface area contributed by atoms with Gasteiger partial charge in [-0.15, -0.1) is 0 Å². The Hall–Kier alpha value is -5.16. The lowest BCUT2D eigenvalue weighted by molar-refractivity contribution is -0.130. The molecule has 1 aliphatic heterocycles. The standard InChI is InChI=1S/C42H42BrN3O6/c1-49-37-22-11-29(27-38(37)50-2)23-24-44-46-41(48)42(28-30-9-18-35(43)19-10-30)39(33-14-12-32(13-15-33)31-7-4-3-5-8-31)52-40(45-42)34-16-20-36(21-17-34)51-26-6-25-47/h3-5,7-22,27,39,44,47H,6,23-26,28H2,1-2H3,(H,46,48)/t39-,42-/m0/s1. The average molecular weight is 765 g/mol. The van der Waals surface area contributed by atoms with Crippen LogP contribution in [0, 0.1) is 0 Å². The third-order valence-electron chi connectivity index (χ3n) is 8.93. The van der Waals surface area contributed by atoms with E-state index in [1.165, 1.54) is 0 Å². The van der Waals surface area contributed by atoms with Gasteiger partial charge in [0.15, 0.2) is 23.1 Å². The zero-order valence-electron chi connectivity index (χ0n) is 29.2. The molecular formula is C42H42BrN3O6. The normalized spacial score (nSPS) is 16.5. The SMILES string of the molecule is COc1ccc(CCNNC(=O)[C@@]2(Cc3ccc(Br)cc3)N=C(c3ccc(OCCCO)cc3)O[C@H]2c2ccc(-c3ccccc3)cc2)cc1OC. The maximum Gasteiger partial charge on any atom is 0.266 e. The number of aliphatic imine (C=N–C) groups is 1. The number of carbonyl (C=O) groups excluding carboxylic acids is 1. The van der Waals surface area contributed by atoms with Gasteiger partial charge in [-0.25, -0.2) is 10.4 Å². The maximum atomic E-state index is 14.6. The van der Waals surface area contributed by atoms with Crippen LogP contribution >= 0.6 is 15.9 Å². The highest BCUT2D eigenvalue weighted by atomic mass is 79.9. The number of nitrogens with one attached hydrogen (secondary N) is 2. The Morgan fingerprint density at radius 3 is 2.19 bits per heavy atom. The molecule has 10 heteroatoms. The molecule has 0 saturated heterocycles. The minimum absolute atomic E-state index is 0.0596. The molecule has 0 fully saturated rings. The minimum atomic E-state index is -1.37. The van der Waals surface area contributed by atoms with Gasteiger partial charge < -0.3 is 24.1 Å². The average Bonchev–Trinajstić information content (AvgIpc) is 3.58. The number of methoxy groups -OCH3 is 2. The van der Waals surface area contributed by atoms with Gasteiger partial charge in [-0.05, 0) is 82.8 Å². The van der Waals surface area contributed by atoms with Crippen molar-refractivity contribution in [1.29, 1.82) is 0 Å². The molecule has 0 unspecified atom stereocenters. The fraction of sp³-hybridized carbons (Fsp3) is 0.238. The van der Waals surface area contributed by atoms with Crippen LogP contribution in [0.3, 0.4) is 0 Å². The molecule has 3 N–H and O–H groups in total. The second kappa shape index (κ2) is 17.4. The van der Waals surface area contributed by atoms with Crippen molar-refractivity contribution in [1.82, 2.24) is 10.9 Å². The molecule has 0 aliphatic carbocycles. The number of nitrogens with zero attached hydrogens (tertiary/aromatic N) is 1. The van der Waals surface area contributed by atoms with Gasteiger partial charge in [-0.1, -0.05) is 88.7 Å². The van der Waals surface area contributed by atoms with Crippen LogP contribution in [0.4, 0.5) is 0 Å². The number of carbonyl (C=O) groups is 1. The molecule has 0 radical (unpaired) electrons. The van der Waals surface area contributed by atoms with Gasteiger partial charge in [0.25, 0.3) is 5.91 Å². The van der Waals surface area contributed by atoms with Crippen LogP contribution < -0.4 is 25.1 Å². The van der Waals surface area contributed by atoms with Crippen molar-refractivity contribution < 1.29 is 28.8 Å². The van der Waals surface area contributed by atoms with Crippen molar-refractivity contribution in [3.63, 3.8) is 0 Å². The van der Waals surface area contributed by atoms with Crippen molar-refractivity contribution in [3.8, 4) is 28.4 Å². The summed E-state index contributed by atoms with van der Waals surface area (Å²) >= 11 is 3.54. The van der Waals surface area contributed by atoms with Crippen LogP contribution in [0.25, 0.3) is 11.1 Å². The minimum Gasteiger partial charge on any atom is -0.494 e. The molecule has 1 aliphatic rings. The molecule has 1 amide bonds. The molecule has 268 valence electrons. The molecular weight excluding hydrogens is 722 g/mol. The number of rotatable bonds is 16. The van der Waals surface area contributed by atoms with Gasteiger partial charge in [0.05, 0.1) is 20.8 Å². The van der Waals surface area contributed by atoms with Gasteiger partial charge in [0.1, 0.15) is 5.75 Å². The Kier molecular flexibility index (Phi) is 12.2. The molecule has 5 aromatic carbocycles. The number of aliphatic hydroxyl groups is 1. The van der Waals surface area contributed by atoms with Crippen LogP contribution in [0.2, 0.25) is 0 Å². The summed E-state index contributed by atoms with van der Waals surface area (Å²) in [5, 5.41) is 9.13. The highest BCUT2D eigenvalue weighted by Gasteiger charge is 2.53. The smallest absolute Gasteiger partial charge is 0.266 e. The van der Waals surface area contributed by atoms with E-state index >= 15 is 0 Å². The fourth-order valence-corrected chi connectivity index (χ4v) is 6.44. The summed E-state index contributed by atoms with van der Waals surface area (Å²) in [5.74, 6) is 2.01. The number of hydrogen-bond acceptors (Lipinski definition) is 8. The van der Waals surface area contributed by atoms with Gasteiger partial charge in [-0.3, -0.25) is 10.2 Å². The predicted octanol–water partition coefficient (Wildman–Crippen LogP) is 7.26. The lowest BCUT2D eigenvalue weighted by Gasteiger charge is -2.31. The summed E-state index contributed by atoms with van der Waals surface area (Å²) in [5.41, 5.74) is 10.4. The Balaban J connectivity index is 1.32. The Labute approximate surface area is 312 Å². The first-order valence-corrected chi connectivity index (χ1v) is 18.0. The molecule has 2 atom stereocenters. The van der Waals surface area contributed by atoms with Crippen molar-refractivity contribution >= 4 is 27.7 Å². The number of aliphatic hydroxyl groups excluding tert-OH is 1. The van der Waals surface area contributed by atoms with Gasteiger partial charge in [0, 0.05) is 36.0 Å². The summed E-state index contributed by atoms with van der Waals surface area (Å²) in [6.45, 7) is 0.926. The summed E-state index contributed by atoms with van der Waals surface area (Å²) in [6, 6.07) is 39.4. The molecule has 0 aromatic heterocycles. The second-order valence-corrected chi connectivity index (χ2v) is 13.3. The lowest BCUT2D eigenvalue weighted by atomic mass is 9.82. The summed E-state index contributed by atoms with van der Waals surface area (Å²) in [6.07, 6.45) is 0.699. The predicted molar refractivity (Wildman–Crippen MR) is 206 cm³/mol. The van der Waals surface area contributed by atoms with E-state index in [0.717, 1.165) is 32.3 Å². The van der Waals surface area contributed by atoms with Crippen molar-refractivity contribution in [2.75, 3.05) is 34.0 Å². The lowest BCUT2D eigenvalue weighted by Crippen LogP contribution is -2.54. The van der Waals surface area contributed by atoms with Gasteiger partial charge in [-0.2, -0.15) is 0 Å². The molecule has 0 saturated carbocycles. The Bertz CT molecular complexity index is 1950. The van der Waals surface area contributed by atoms with Crippen LogP contribution in [0.5, 0.6) is 17.2 Å². The Morgan fingerprint density at radius 1 is 0.827 bits per heavy atom. The first kappa shape index (κ1) is 36.6. The molecule has 5 aromatic rings. The van der Waals surface area contributed by atoms with Crippen LogP contribution in [0.1, 0.15) is 34.8 Å². The molecule has 9 nitrogen and oxygen atoms in total. The maximum absolute atomic E-state index is 14.6. The van der Waals surface area contributed by atoms with E-state index < -0.39 is 11.6 Å². The topological polar surface area (TPSA) is 111 Å². The molecule has 1 heterocycles. The number of amides is 1. The van der Waals surface area contributed by atoms with E-state index in [2.05, 4.69) is 38.9 Å². The summed E-state index contributed by atoms with van der Waals surface area (Å²) in [4.78, 5) is 19.8. The number of hydrogen-bond donors (Lipinski definition) is 3. The van der Waals surface area contributed by atoms with Crippen molar-refractivity contribution in [2.45, 2.75) is 30.9 Å². The number of ether oxygens (including phenoxy) is 4. The largest absolute Gasteiger partial charge is 0.494 e. The first-order valence-electron chi connectivity index (χ1n) is 17.2. The van der Waals surface area contributed by atoms with Crippen LogP contribution in [-0.2, 0) is 22.4 Å². The molecule has 52 heavy (non-hydrogen) atoms. The highest BCUT2D eigenvalue weighted by Crippen LogP contribution is 2.43. The van der Waals surface area contributed by atoms with Gasteiger partial charge >= 0.3 is 0 Å². The zero-order chi connectivity index (χ0) is 36.3. The van der Waals surface area contributed by atoms with E-state index in [9.17, 15) is 4.79 Å². The molecule has 0 spiro atoms. The Morgan fingerprint density at radius 2 is 1.50 bits per heavy atom. The second-order valence-electron chi connectivity index (χ2n) is 12.4. The zero-order valence-corrected chi connectivity index (χ0v) is 30.8. The van der Waals surface area contributed by atoms with Crippen LogP contribution in [-0.4, -0.2) is 56.4 Å². The van der Waals surface area contributed by atoms with E-state index in [4.69, 9.17) is 29.0 Å². The number of hydrazine groups is 1. The van der Waals surface area contributed by atoms with Crippen LogP contribution in [0.15, 0.2) is 131 Å². The highest BCUT2D eigenvalue weighted by molar-refractivity contribution is 9.10. The third-order valence-corrected chi connectivity index (χ3v) is 9.45. The van der Waals surface area contributed by atoms with Crippen molar-refractivity contribution in [3.05, 3.63) is 148 Å². The quantitative estimate of drug-likeness (QED) is 0.0717. The van der Waals surface area contributed by atoms with Crippen molar-refractivity contribution in [2.24, 2.45) is 4.99 Å². The van der Waals surface area contributed by atoms with E-state index in [1.54, 1.807) is 14.2 Å². The fourth-order valence-electron chi connectivity index (χ4n) is 6.17. The van der Waals surface area contributed by atoms with E-state index in [1.807, 2.05) is 109 Å². The number of benzene rings is 5. The number of halogens is 1. The summed E-state index contributed by atoms with van der Waals surface area (Å²) < 4.78 is 24.3. The first-order chi connectivity index (χ1) is 25.4. The molecule has 6 rings (SSSR count). The van der Waals surface area contributed by atoms with E-state index in [-0.39, 0.29) is 18.9 Å². The third kappa shape index (κ3) is 8.65. The monoisotopic (exact) mass is 763 g/mol. The van der Waals surface area contributed by atoms with E-state index in [0.29, 0.717) is 54.7 Å². The summed E-state index contributed by atoms with van der Waals surface area (Å²) in [7, 11) is 3.21. The molecule has 0 bridgehead atoms. The van der Waals surface area contributed by atoms with Gasteiger partial charge in [0.2, 0.25) is 5.90 Å².